The number of nitrogens with zero attached hydrogens (tertiary/aromatic N) is 3. The van der Waals surface area contributed by atoms with E-state index in [1.165, 1.54) is 0 Å². The van der Waals surface area contributed by atoms with Gasteiger partial charge in [0.1, 0.15) is 0 Å². The number of hydrogen-bond donors (Lipinski definition) is 3. The second-order valence-corrected chi connectivity index (χ2v) is 13.3. The minimum absolute atomic E-state index is 0.658. The Bertz CT molecular complexity index is 810. The van der Waals surface area contributed by atoms with E-state index >= 15 is 0 Å². The van der Waals surface area contributed by atoms with Gasteiger partial charge in [0.25, 0.3) is 0 Å². The number of rotatable bonds is 4. The molecule has 10 heteroatoms. The molecular formula is C17H21Cl3N6Ti. The van der Waals surface area contributed by atoms with Crippen molar-refractivity contribution in [2.24, 2.45) is 0 Å². The number of nitrogens with one attached hydrogen (secondary N) is 3. The Morgan fingerprint density at radius 3 is 1.11 bits per heavy atom. The first kappa shape index (κ1) is 20.9. The van der Waals surface area contributed by atoms with Crippen molar-refractivity contribution in [1.29, 1.82) is 0 Å². The Labute approximate surface area is 182 Å². The predicted molar refractivity (Wildman–Crippen MR) is 104 cm³/mol. The van der Waals surface area contributed by atoms with Crippen molar-refractivity contribution in [3.05, 3.63) is 50.9 Å². The average molecular weight is 464 g/mol. The summed E-state index contributed by atoms with van der Waals surface area (Å²) >= 11 is 18.1. The van der Waals surface area contributed by atoms with Crippen molar-refractivity contribution in [1.82, 2.24) is 30.6 Å². The van der Waals surface area contributed by atoms with Gasteiger partial charge in [0.2, 0.25) is 0 Å². The molecule has 0 aliphatic carbocycles. The molecule has 0 radical (unpaired) electrons. The molecule has 0 saturated carbocycles. The number of aryl methyl sites for hydroxylation is 6. The van der Waals surface area contributed by atoms with Crippen molar-refractivity contribution < 1.29 is 19.2 Å². The zero-order valence-electron chi connectivity index (χ0n) is 16.0. The Hall–Kier alpha value is -0.786. The van der Waals surface area contributed by atoms with Crippen LogP contribution < -0.4 is 0 Å². The average Bonchev–Trinajstić information content (AvgIpc) is 3.16. The van der Waals surface area contributed by atoms with Gasteiger partial charge in [0, 0.05) is 0 Å². The van der Waals surface area contributed by atoms with Crippen LogP contribution in [0.2, 0.25) is 0 Å². The third-order valence-corrected chi connectivity index (χ3v) is 8.21. The number of aromatic nitrogens is 6. The van der Waals surface area contributed by atoms with Crippen molar-refractivity contribution >= 4 is 34.8 Å². The summed E-state index contributed by atoms with van der Waals surface area (Å²) < 4.78 is -2.04. The Balaban J connectivity index is 2.55. The fourth-order valence-corrected chi connectivity index (χ4v) is 8.81. The summed E-state index contributed by atoms with van der Waals surface area (Å²) in [5.41, 5.74) is 8.60. The van der Waals surface area contributed by atoms with Gasteiger partial charge < -0.3 is 0 Å². The van der Waals surface area contributed by atoms with Gasteiger partial charge in [-0.1, -0.05) is 0 Å². The predicted octanol–water partition coefficient (Wildman–Crippen LogP) is 4.41. The molecule has 0 spiro atoms. The van der Waals surface area contributed by atoms with E-state index < -0.39 is 25.0 Å². The normalized spacial score (nSPS) is 12.6. The molecule has 3 rings (SSSR count). The molecule has 27 heavy (non-hydrogen) atoms. The van der Waals surface area contributed by atoms with E-state index in [1.807, 2.05) is 41.5 Å². The molecule has 0 amide bonds. The van der Waals surface area contributed by atoms with Gasteiger partial charge in [-0.25, -0.2) is 0 Å². The summed E-state index contributed by atoms with van der Waals surface area (Å²) in [4.78, 5) is 0. The fraction of sp³-hybridized carbons (Fsp3) is 0.471. The summed E-state index contributed by atoms with van der Waals surface area (Å²) in [5.74, 6) is 0. The van der Waals surface area contributed by atoms with E-state index in [0.717, 1.165) is 50.9 Å². The maximum atomic E-state index is 6.48. The van der Waals surface area contributed by atoms with Crippen LogP contribution in [0, 0.1) is 41.5 Å². The van der Waals surface area contributed by atoms with E-state index in [4.69, 9.17) is 34.8 Å². The molecule has 144 valence electrons. The van der Waals surface area contributed by atoms with Gasteiger partial charge in [-0.2, -0.15) is 0 Å². The monoisotopic (exact) mass is 462 g/mol. The van der Waals surface area contributed by atoms with Crippen LogP contribution in [-0.2, 0) is 22.9 Å². The zero-order valence-corrected chi connectivity index (χ0v) is 19.8. The second kappa shape index (κ2) is 7.23. The van der Waals surface area contributed by atoms with Crippen molar-refractivity contribution in [3.8, 4) is 0 Å². The van der Waals surface area contributed by atoms with Crippen LogP contribution in [0.25, 0.3) is 0 Å². The van der Waals surface area contributed by atoms with Gasteiger partial charge in [0.05, 0.1) is 0 Å². The quantitative estimate of drug-likeness (QED) is 0.396. The first-order chi connectivity index (χ1) is 12.5. The van der Waals surface area contributed by atoms with Crippen molar-refractivity contribution in [3.63, 3.8) is 0 Å². The maximum absolute atomic E-state index is 6.48. The van der Waals surface area contributed by atoms with Gasteiger partial charge >= 0.3 is 183 Å². The number of alkyl halides is 3. The summed E-state index contributed by atoms with van der Waals surface area (Å²) in [7, 11) is 0. The third-order valence-electron chi connectivity index (χ3n) is 4.84. The second-order valence-electron chi connectivity index (χ2n) is 6.80. The standard InChI is InChI=1S/C16H21N6.CCl3.Ti/c1-7-13(8(2)18-17-7)16(14-9(3)19-20-10(14)4)15-11(5)21-22-12(15)6;2-1(3)4;/h1-6H3,(H,17,18)(H,19,20)(H,21,22);;. The van der Waals surface area contributed by atoms with Gasteiger partial charge in [0.15, 0.2) is 0 Å². The molecule has 6 nitrogen and oxygen atoms in total. The number of H-pyrrole nitrogens is 3. The van der Waals surface area contributed by atoms with Crippen LogP contribution in [0.3, 0.4) is 0 Å². The Kier molecular flexibility index (Phi) is 5.61. The van der Waals surface area contributed by atoms with E-state index in [1.54, 1.807) is 0 Å². The SMILES string of the molecule is Cc1n[nH]c(C)c1[C]([Ti][C](Cl)(Cl)Cl)(c1c(C)n[nH]c1C)c1c(C)n[nH]c1C. The fourth-order valence-electron chi connectivity index (χ4n) is 4.09. The number of halogens is 3. The topological polar surface area (TPSA) is 86.0 Å². The van der Waals surface area contributed by atoms with Crippen LogP contribution in [0.1, 0.15) is 50.9 Å². The molecule has 0 aliphatic heterocycles. The van der Waals surface area contributed by atoms with Crippen molar-refractivity contribution in [2.75, 3.05) is 0 Å². The van der Waals surface area contributed by atoms with Gasteiger partial charge in [-0.05, 0) is 0 Å². The van der Waals surface area contributed by atoms with Crippen LogP contribution >= 0.6 is 34.8 Å². The molecule has 3 heterocycles. The first-order valence-electron chi connectivity index (χ1n) is 8.41. The molecule has 0 atom stereocenters. The van der Waals surface area contributed by atoms with E-state index in [-0.39, 0.29) is 0 Å². The summed E-state index contributed by atoms with van der Waals surface area (Å²) in [6.45, 7) is 12.0. The third kappa shape index (κ3) is 3.51. The first-order valence-corrected chi connectivity index (χ1v) is 11.1. The molecular weight excluding hydrogens is 442 g/mol. The molecule has 0 fully saturated rings. The molecule has 0 bridgehead atoms. The molecule has 3 N–H and O–H groups in total. The molecule has 3 aromatic rings. The summed E-state index contributed by atoms with van der Waals surface area (Å²) in [5, 5.41) is 22.7. The molecule has 0 aromatic carbocycles. The molecule has 3 aromatic heterocycles. The Morgan fingerprint density at radius 1 is 0.630 bits per heavy atom. The number of hydrogen-bond acceptors (Lipinski definition) is 3. The van der Waals surface area contributed by atoms with Crippen LogP contribution in [0.5, 0.6) is 0 Å². The summed E-state index contributed by atoms with van der Waals surface area (Å²) in [6.07, 6.45) is 0. The minimum atomic E-state index is -1.39. The van der Waals surface area contributed by atoms with Gasteiger partial charge in [-0.3, -0.25) is 0 Å². The van der Waals surface area contributed by atoms with E-state index in [2.05, 4.69) is 30.6 Å². The Morgan fingerprint density at radius 2 is 0.926 bits per heavy atom. The van der Waals surface area contributed by atoms with Gasteiger partial charge in [-0.15, -0.1) is 0 Å². The van der Waals surface area contributed by atoms with E-state index in [9.17, 15) is 0 Å². The molecule has 0 unspecified atom stereocenters. The van der Waals surface area contributed by atoms with Crippen LogP contribution in [0.4, 0.5) is 0 Å². The molecule has 0 saturated heterocycles. The van der Waals surface area contributed by atoms with Crippen molar-refractivity contribution in [2.45, 2.75) is 47.4 Å². The number of aromatic amines is 3. The van der Waals surface area contributed by atoms with Crippen LogP contribution in [-0.4, -0.2) is 32.7 Å². The zero-order chi connectivity index (χ0) is 20.1. The van der Waals surface area contributed by atoms with E-state index in [0.29, 0.717) is 0 Å². The molecule has 0 aliphatic rings. The van der Waals surface area contributed by atoms with Crippen LogP contribution in [0.15, 0.2) is 0 Å². The summed E-state index contributed by atoms with van der Waals surface area (Å²) in [6, 6.07) is 0.